The van der Waals surface area contributed by atoms with Crippen LogP contribution in [0, 0.1) is 0 Å². The molecule has 0 bridgehead atoms. The van der Waals surface area contributed by atoms with Crippen LogP contribution >= 0.6 is 19.0 Å². The predicted molar refractivity (Wildman–Crippen MR) is 194 cm³/mol. The molecule has 1 N–H and O–H groups in total. The number of hydrogen-bond donors (Lipinski definition) is 1. The first-order valence-electron chi connectivity index (χ1n) is 15.8. The van der Waals surface area contributed by atoms with Gasteiger partial charge in [-0.05, 0) is 47.5 Å². The lowest BCUT2D eigenvalue weighted by Crippen LogP contribution is -3.00. The van der Waals surface area contributed by atoms with Crippen molar-refractivity contribution in [3.05, 3.63) is 174 Å². The van der Waals surface area contributed by atoms with E-state index in [0.717, 1.165) is 16.7 Å². The van der Waals surface area contributed by atoms with Crippen LogP contribution in [0.3, 0.4) is 0 Å². The standard InChI is InChI=1S/C40H33N2O4PS.HI/c43-28-41-35-38(44)42-36(40(45)46-37(29-16-6-1-7-17-29)30-18-8-2-9-19-30)31(27-48-39(35)42)26-47(32-20-10-3-11-21-32,33-22-12-4-13-23-33)34-24-14-5-15-25-34;/h1-25,28,35,37,39H,26-27H2;1H/t35?,39-;/m1./s1. The summed E-state index contributed by atoms with van der Waals surface area (Å²) in [6.07, 6.45) is 0.403. The number of nitrogens with one attached hydrogen (secondary N) is 1. The van der Waals surface area contributed by atoms with E-state index in [4.69, 9.17) is 4.74 Å². The average Bonchev–Trinajstić information content (AvgIpc) is 3.16. The number of amides is 2. The maximum absolute atomic E-state index is 14.7. The van der Waals surface area contributed by atoms with E-state index in [0.29, 0.717) is 18.3 Å². The zero-order valence-electron chi connectivity index (χ0n) is 26.5. The van der Waals surface area contributed by atoms with Crippen molar-refractivity contribution in [2.45, 2.75) is 17.5 Å². The summed E-state index contributed by atoms with van der Waals surface area (Å²) in [6, 6.07) is 50.0. The van der Waals surface area contributed by atoms with Crippen LogP contribution in [0.25, 0.3) is 0 Å². The van der Waals surface area contributed by atoms with Gasteiger partial charge in [0.1, 0.15) is 40.3 Å². The Balaban J connectivity index is 0.00000417. The molecule has 0 aromatic heterocycles. The Labute approximate surface area is 308 Å². The van der Waals surface area contributed by atoms with Crippen molar-refractivity contribution in [2.24, 2.45) is 0 Å². The lowest BCUT2D eigenvalue weighted by atomic mass is 10.0. The zero-order chi connectivity index (χ0) is 32.9. The van der Waals surface area contributed by atoms with Crippen LogP contribution in [0.4, 0.5) is 0 Å². The number of esters is 1. The van der Waals surface area contributed by atoms with Crippen LogP contribution in [0.1, 0.15) is 17.2 Å². The highest BCUT2D eigenvalue weighted by atomic mass is 127. The third-order valence-corrected chi connectivity index (χ3v) is 14.7. The minimum atomic E-state index is -2.41. The molecule has 1 unspecified atom stereocenters. The smallest absolute Gasteiger partial charge is 0.356 e. The minimum Gasteiger partial charge on any atom is -1.00 e. The van der Waals surface area contributed by atoms with Gasteiger partial charge in [-0.25, -0.2) is 4.79 Å². The van der Waals surface area contributed by atoms with E-state index in [1.54, 1.807) is 16.7 Å². The molecule has 2 atom stereocenters. The van der Waals surface area contributed by atoms with E-state index in [1.165, 1.54) is 15.9 Å². The van der Waals surface area contributed by atoms with Crippen molar-refractivity contribution in [1.82, 2.24) is 10.2 Å². The van der Waals surface area contributed by atoms with E-state index < -0.39 is 30.8 Å². The molecule has 0 radical (unpaired) electrons. The number of nitrogens with zero attached hydrogens (tertiary/aromatic N) is 1. The number of benzene rings is 5. The summed E-state index contributed by atoms with van der Waals surface area (Å²) in [6.45, 7) is 0. The number of ether oxygens (including phenoxy) is 1. The SMILES string of the molecule is O=CNC1C(=O)N2C(C(=O)OC(c3ccccc3)c3ccccc3)=C(C[P+](c3ccccc3)(c3ccccc3)c3ccccc3)CS[C@H]12.[I-]. The van der Waals surface area contributed by atoms with Crippen LogP contribution in [-0.2, 0) is 19.1 Å². The van der Waals surface area contributed by atoms with Gasteiger partial charge >= 0.3 is 5.97 Å². The predicted octanol–water partition coefficient (Wildman–Crippen LogP) is 2.60. The topological polar surface area (TPSA) is 75.7 Å². The van der Waals surface area contributed by atoms with Gasteiger partial charge in [0.15, 0.2) is 6.10 Å². The quantitative estimate of drug-likeness (QED) is 0.0733. The molecule has 9 heteroatoms. The molecule has 1 fully saturated rings. The van der Waals surface area contributed by atoms with E-state index >= 15 is 0 Å². The Morgan fingerprint density at radius 3 is 1.61 bits per heavy atom. The van der Waals surface area contributed by atoms with Gasteiger partial charge in [-0.3, -0.25) is 14.5 Å². The fourth-order valence-electron chi connectivity index (χ4n) is 6.69. The molecule has 2 heterocycles. The molecule has 2 aliphatic rings. The molecule has 2 aliphatic heterocycles. The monoisotopic (exact) mass is 796 g/mol. The van der Waals surface area contributed by atoms with Crippen molar-refractivity contribution < 1.29 is 43.1 Å². The van der Waals surface area contributed by atoms with Crippen LogP contribution in [0.15, 0.2) is 163 Å². The van der Waals surface area contributed by atoms with Crippen LogP contribution in [-0.4, -0.2) is 46.5 Å². The van der Waals surface area contributed by atoms with E-state index in [1.807, 2.05) is 78.9 Å². The van der Waals surface area contributed by atoms with Gasteiger partial charge in [0.2, 0.25) is 6.41 Å². The summed E-state index contributed by atoms with van der Waals surface area (Å²) in [4.78, 5) is 41.4. The zero-order valence-corrected chi connectivity index (χ0v) is 30.3. The maximum Gasteiger partial charge on any atom is 0.356 e. The summed E-state index contributed by atoms with van der Waals surface area (Å²) < 4.78 is 6.44. The molecule has 0 saturated carbocycles. The second kappa shape index (κ2) is 15.5. The number of thioether (sulfide) groups is 1. The molecule has 0 spiro atoms. The number of carbonyl (C=O) groups excluding carboxylic acids is 3. The summed E-state index contributed by atoms with van der Waals surface area (Å²) in [5, 5.41) is 5.79. The Hall–Kier alpha value is -4.24. The number of β-lactam (4-membered cyclic amide) rings is 1. The molecular formula is C40H34IN2O4PS. The third-order valence-electron chi connectivity index (χ3n) is 8.94. The fraction of sp³-hybridized carbons (Fsp3) is 0.125. The van der Waals surface area contributed by atoms with Crippen molar-refractivity contribution in [3.63, 3.8) is 0 Å². The highest BCUT2D eigenvalue weighted by Crippen LogP contribution is 2.58. The Morgan fingerprint density at radius 2 is 1.18 bits per heavy atom. The molecule has 246 valence electrons. The van der Waals surface area contributed by atoms with Crippen molar-refractivity contribution in [3.8, 4) is 0 Å². The Bertz CT molecular complexity index is 1800. The Morgan fingerprint density at radius 1 is 0.755 bits per heavy atom. The maximum atomic E-state index is 14.7. The number of carbonyl (C=O) groups is 3. The second-order valence-corrected chi connectivity index (χ2v) is 16.3. The molecule has 49 heavy (non-hydrogen) atoms. The normalized spacial score (nSPS) is 17.0. The number of rotatable bonds is 11. The van der Waals surface area contributed by atoms with Gasteiger partial charge in [-0.2, -0.15) is 0 Å². The molecule has 5 aromatic rings. The molecule has 7 rings (SSSR count). The largest absolute Gasteiger partial charge is 1.00 e. The third kappa shape index (κ3) is 6.70. The molecule has 2 amide bonds. The second-order valence-electron chi connectivity index (χ2n) is 11.7. The van der Waals surface area contributed by atoms with Gasteiger partial charge in [0, 0.05) is 11.3 Å². The first-order chi connectivity index (χ1) is 23.6. The van der Waals surface area contributed by atoms with Gasteiger partial charge < -0.3 is 34.0 Å². The summed E-state index contributed by atoms with van der Waals surface area (Å²) >= 11 is 1.57. The first kappa shape index (κ1) is 34.6. The van der Waals surface area contributed by atoms with Crippen LogP contribution in [0.5, 0.6) is 0 Å². The van der Waals surface area contributed by atoms with E-state index in [2.05, 4.69) is 78.1 Å². The number of hydrogen-bond acceptors (Lipinski definition) is 5. The number of fused-ring (bicyclic) bond motifs is 1. The minimum absolute atomic E-state index is 0. The van der Waals surface area contributed by atoms with E-state index in [-0.39, 0.29) is 35.6 Å². The molecule has 5 aromatic carbocycles. The summed E-state index contributed by atoms with van der Waals surface area (Å²) in [5.74, 6) is -0.369. The van der Waals surface area contributed by atoms with Gasteiger partial charge in [0.25, 0.3) is 5.91 Å². The fourth-order valence-corrected chi connectivity index (χ4v) is 12.5. The van der Waals surface area contributed by atoms with Crippen LogP contribution in [0.2, 0.25) is 0 Å². The first-order valence-corrected chi connectivity index (χ1v) is 18.9. The average molecular weight is 797 g/mol. The van der Waals surface area contributed by atoms with Gasteiger partial charge in [0.05, 0.1) is 6.16 Å². The van der Waals surface area contributed by atoms with Gasteiger partial charge in [-0.1, -0.05) is 115 Å². The highest BCUT2D eigenvalue weighted by Gasteiger charge is 2.56. The Kier molecular flexibility index (Phi) is 11.0. The molecule has 1 saturated heterocycles. The molecule has 6 nitrogen and oxygen atoms in total. The lowest BCUT2D eigenvalue weighted by molar-refractivity contribution is -0.154. The molecular weight excluding hydrogens is 762 g/mol. The van der Waals surface area contributed by atoms with E-state index in [9.17, 15) is 14.4 Å². The summed E-state index contributed by atoms with van der Waals surface area (Å²) in [5.41, 5.74) is 2.78. The highest BCUT2D eigenvalue weighted by molar-refractivity contribution is 8.00. The summed E-state index contributed by atoms with van der Waals surface area (Å²) in [7, 11) is -2.41. The van der Waals surface area contributed by atoms with Crippen molar-refractivity contribution in [1.29, 1.82) is 0 Å². The van der Waals surface area contributed by atoms with Crippen molar-refractivity contribution in [2.75, 3.05) is 11.9 Å². The molecule has 0 aliphatic carbocycles. The number of halogens is 1. The van der Waals surface area contributed by atoms with Crippen molar-refractivity contribution >= 4 is 53.2 Å². The lowest BCUT2D eigenvalue weighted by Gasteiger charge is -2.49. The van der Waals surface area contributed by atoms with Crippen LogP contribution < -0.4 is 45.2 Å². The van der Waals surface area contributed by atoms with Gasteiger partial charge in [-0.15, -0.1) is 11.8 Å².